The molecule has 0 bridgehead atoms. The fraction of sp³-hybridized carbons (Fsp3) is 0.500. The van der Waals surface area contributed by atoms with Crippen molar-refractivity contribution in [1.29, 1.82) is 0 Å². The van der Waals surface area contributed by atoms with Crippen molar-refractivity contribution < 1.29 is 73.9 Å². The first-order valence-corrected chi connectivity index (χ1v) is 4.19. The second-order valence-electron chi connectivity index (χ2n) is 2.72. The number of aromatic nitrogens is 3. The fourth-order valence-corrected chi connectivity index (χ4v) is 0.880. The molecule has 16 heavy (non-hydrogen) atoms. The quantitative estimate of drug-likeness (QED) is 0.425. The Morgan fingerprint density at radius 3 is 2.62 bits per heavy atom. The van der Waals surface area contributed by atoms with E-state index in [1.807, 2.05) is 0 Å². The molecule has 0 fully saturated rings. The van der Waals surface area contributed by atoms with Gasteiger partial charge in [-0.1, -0.05) is 5.21 Å². The van der Waals surface area contributed by atoms with Crippen LogP contribution in [0.3, 0.4) is 0 Å². The van der Waals surface area contributed by atoms with E-state index < -0.39 is 18.5 Å². The van der Waals surface area contributed by atoms with Crippen LogP contribution >= 0.6 is 0 Å². The molecule has 0 amide bonds. The molecule has 0 saturated heterocycles. The number of hydrogen-bond donors (Lipinski definition) is 0. The molecule has 0 aliphatic heterocycles. The van der Waals surface area contributed by atoms with E-state index in [0.29, 0.717) is 6.20 Å². The van der Waals surface area contributed by atoms with Crippen molar-refractivity contribution >= 4 is 18.5 Å². The first-order valence-electron chi connectivity index (χ1n) is 4.19. The zero-order chi connectivity index (χ0) is 11.5. The maximum Gasteiger partial charge on any atom is 1.00 e. The summed E-state index contributed by atoms with van der Waals surface area (Å²) in [5, 5.41) is 6.07. The zero-order valence-corrected chi connectivity index (χ0v) is 12.0. The summed E-state index contributed by atoms with van der Waals surface area (Å²) in [7, 11) is 0. The van der Waals surface area contributed by atoms with E-state index in [-0.39, 0.29) is 64.5 Å². The minimum Gasteiger partial charge on any atom is -0.465 e. The van der Waals surface area contributed by atoms with E-state index in [2.05, 4.69) is 15.0 Å². The van der Waals surface area contributed by atoms with Gasteiger partial charge in [0.2, 0.25) is 0 Å². The van der Waals surface area contributed by atoms with Crippen LogP contribution in [0.15, 0.2) is 6.20 Å². The molecule has 84 valence electrons. The molecular formula is C6H8BF3KN3O2. The number of carbonyl (C=O) groups excluding carboxylic acids is 1. The largest absolute Gasteiger partial charge is 1.00 e. The third kappa shape index (κ3) is 4.96. The minimum atomic E-state index is -5.17. The van der Waals surface area contributed by atoms with E-state index in [1.54, 1.807) is 6.92 Å². The average molecular weight is 261 g/mol. The first kappa shape index (κ1) is 16.1. The molecule has 0 saturated carbocycles. The van der Waals surface area contributed by atoms with Crippen LogP contribution < -0.4 is 57.0 Å². The summed E-state index contributed by atoms with van der Waals surface area (Å²) in [5.41, 5.74) is -1.07. The Kier molecular flexibility index (Phi) is 6.79. The summed E-state index contributed by atoms with van der Waals surface area (Å²) < 4.78 is 41.7. The van der Waals surface area contributed by atoms with Gasteiger partial charge in [-0.05, 0) is 6.92 Å². The van der Waals surface area contributed by atoms with Crippen molar-refractivity contribution in [2.24, 2.45) is 0 Å². The summed E-state index contributed by atoms with van der Waals surface area (Å²) in [6.45, 7) is -3.77. The topological polar surface area (TPSA) is 57.0 Å². The number of ether oxygens (including phenoxy) is 1. The number of hydrogen-bond acceptors (Lipinski definition) is 4. The van der Waals surface area contributed by atoms with Gasteiger partial charge in [-0.25, -0.2) is 4.68 Å². The van der Waals surface area contributed by atoms with E-state index in [9.17, 15) is 17.7 Å². The van der Waals surface area contributed by atoms with Crippen LogP contribution in [0.4, 0.5) is 12.9 Å². The van der Waals surface area contributed by atoms with Gasteiger partial charge in [0.25, 0.3) is 0 Å². The van der Waals surface area contributed by atoms with Crippen LogP contribution in [0.1, 0.15) is 6.92 Å². The van der Waals surface area contributed by atoms with E-state index >= 15 is 0 Å². The predicted octanol–water partition coefficient (Wildman–Crippen LogP) is -3.10. The standard InChI is InChI=1S/C6H8BF3N3O2.K/c1-2-15-6(14)4-13-3-5(11-12-13)7(8,9)10;/h3H,2,4H2,1H3;/q-1;+1. The average Bonchev–Trinajstić information content (AvgIpc) is 2.52. The van der Waals surface area contributed by atoms with Gasteiger partial charge < -0.3 is 17.7 Å². The van der Waals surface area contributed by atoms with Crippen molar-refractivity contribution in [1.82, 2.24) is 15.0 Å². The molecule has 0 aliphatic rings. The van der Waals surface area contributed by atoms with Crippen molar-refractivity contribution in [3.63, 3.8) is 0 Å². The van der Waals surface area contributed by atoms with Crippen molar-refractivity contribution in [3.8, 4) is 0 Å². The molecule has 1 aromatic heterocycles. The molecule has 1 rings (SSSR count). The smallest absolute Gasteiger partial charge is 0.465 e. The molecule has 10 heteroatoms. The van der Waals surface area contributed by atoms with Gasteiger partial charge in [-0.2, -0.15) is 5.10 Å². The van der Waals surface area contributed by atoms with Gasteiger partial charge in [0.1, 0.15) is 6.54 Å². The molecule has 0 aromatic carbocycles. The Labute approximate surface area is 132 Å². The van der Waals surface area contributed by atoms with Gasteiger partial charge in [-0.15, -0.1) is 0 Å². The maximum absolute atomic E-state index is 12.1. The van der Waals surface area contributed by atoms with Crippen LogP contribution in [0.25, 0.3) is 0 Å². The van der Waals surface area contributed by atoms with Gasteiger partial charge in [0.05, 0.1) is 6.61 Å². The second-order valence-corrected chi connectivity index (χ2v) is 2.72. The summed E-state index contributed by atoms with van der Waals surface area (Å²) in [5.74, 6) is -0.649. The van der Waals surface area contributed by atoms with Crippen molar-refractivity contribution in [3.05, 3.63) is 6.20 Å². The van der Waals surface area contributed by atoms with E-state index in [1.165, 1.54) is 0 Å². The molecule has 1 aromatic rings. The zero-order valence-electron chi connectivity index (χ0n) is 8.86. The van der Waals surface area contributed by atoms with Gasteiger partial charge >= 0.3 is 64.3 Å². The number of nitrogens with zero attached hydrogens (tertiary/aromatic N) is 3. The third-order valence-electron chi connectivity index (χ3n) is 1.49. The van der Waals surface area contributed by atoms with Gasteiger partial charge in [0, 0.05) is 11.8 Å². The van der Waals surface area contributed by atoms with E-state index in [4.69, 9.17) is 0 Å². The summed E-state index contributed by atoms with van der Waals surface area (Å²) in [6, 6.07) is 0. The Balaban J connectivity index is 0.00000225. The van der Waals surface area contributed by atoms with Crippen LogP contribution in [0.5, 0.6) is 0 Å². The molecular weight excluding hydrogens is 253 g/mol. The molecule has 0 atom stereocenters. The minimum absolute atomic E-state index is 0. The van der Waals surface area contributed by atoms with Crippen LogP contribution in [0.2, 0.25) is 0 Å². The van der Waals surface area contributed by atoms with Gasteiger partial charge in [0.15, 0.2) is 0 Å². The normalized spacial score (nSPS) is 10.8. The second kappa shape index (κ2) is 6.74. The third-order valence-corrected chi connectivity index (χ3v) is 1.49. The molecule has 0 spiro atoms. The first-order chi connectivity index (χ1) is 6.93. The number of carbonyl (C=O) groups is 1. The molecule has 0 aliphatic carbocycles. The Morgan fingerprint density at radius 1 is 1.56 bits per heavy atom. The molecule has 0 N–H and O–H groups in total. The Bertz CT molecular complexity index is 357. The molecule has 5 nitrogen and oxygen atoms in total. The van der Waals surface area contributed by atoms with Crippen LogP contribution in [-0.4, -0.2) is 34.5 Å². The monoisotopic (exact) mass is 261 g/mol. The maximum atomic E-state index is 12.1. The number of esters is 1. The van der Waals surface area contributed by atoms with Crippen LogP contribution in [0, 0.1) is 0 Å². The van der Waals surface area contributed by atoms with Crippen LogP contribution in [-0.2, 0) is 16.1 Å². The van der Waals surface area contributed by atoms with Gasteiger partial charge in [-0.3, -0.25) is 4.79 Å². The number of rotatable bonds is 4. The number of halogens is 3. The van der Waals surface area contributed by atoms with Crippen molar-refractivity contribution in [2.45, 2.75) is 13.5 Å². The van der Waals surface area contributed by atoms with Crippen molar-refractivity contribution in [2.75, 3.05) is 6.61 Å². The SMILES string of the molecule is CCOC(=O)Cn1cc([B-](F)(F)F)nn1.[K+]. The predicted molar refractivity (Wildman–Crippen MR) is 45.4 cm³/mol. The Hall–Kier alpha value is 0.101. The molecule has 1 heterocycles. The molecule has 0 unspecified atom stereocenters. The fourth-order valence-electron chi connectivity index (χ4n) is 0.880. The molecule has 0 radical (unpaired) electrons. The summed E-state index contributed by atoms with van der Waals surface area (Å²) in [4.78, 5) is 10.9. The summed E-state index contributed by atoms with van der Waals surface area (Å²) >= 11 is 0. The summed E-state index contributed by atoms with van der Waals surface area (Å²) in [6.07, 6.45) is 0.677. The van der Waals surface area contributed by atoms with E-state index in [0.717, 1.165) is 4.68 Å². The Morgan fingerprint density at radius 2 is 2.19 bits per heavy atom.